The Kier molecular flexibility index (Phi) is 6.95. The molecule has 0 saturated heterocycles. The third kappa shape index (κ3) is 6.01. The molecular formula is C16H17F3N2O4S2. The molecule has 0 unspecified atom stereocenters. The van der Waals surface area contributed by atoms with Crippen molar-refractivity contribution in [3.05, 3.63) is 41.0 Å². The lowest BCUT2D eigenvalue weighted by Crippen LogP contribution is -2.43. The number of aliphatic hydroxyl groups is 1. The molecule has 148 valence electrons. The number of nitrogens with zero attached hydrogens (tertiary/aromatic N) is 1. The standard InChI is InChI=1S/C16H17F3N2O4S2/c1-27(24,25)8-13-20-7-12(26-13)9-2-4-10(5-3-9)14(22)11(6-17)21-16(23)15(18)19/h2-5,7,11,14-15,22H,6,8H2,1H3,(H,21,23)/t11-,14-/m1/s1. The topological polar surface area (TPSA) is 96.4 Å². The molecule has 6 nitrogen and oxygen atoms in total. The van der Waals surface area contributed by atoms with Crippen molar-refractivity contribution in [3.63, 3.8) is 0 Å². The molecule has 2 N–H and O–H groups in total. The number of alkyl halides is 3. The predicted molar refractivity (Wildman–Crippen MR) is 95.0 cm³/mol. The summed E-state index contributed by atoms with van der Waals surface area (Å²) in [4.78, 5) is 15.7. The zero-order valence-corrected chi connectivity index (χ0v) is 15.7. The number of halogens is 3. The third-order valence-corrected chi connectivity index (χ3v) is 5.58. The van der Waals surface area contributed by atoms with Crippen molar-refractivity contribution >= 4 is 27.1 Å². The van der Waals surface area contributed by atoms with Crippen molar-refractivity contribution in [2.45, 2.75) is 24.3 Å². The van der Waals surface area contributed by atoms with Crippen molar-refractivity contribution in [1.82, 2.24) is 10.3 Å². The van der Waals surface area contributed by atoms with E-state index in [4.69, 9.17) is 0 Å². The molecule has 27 heavy (non-hydrogen) atoms. The lowest BCUT2D eigenvalue weighted by molar-refractivity contribution is -0.133. The normalized spacial score (nSPS) is 14.1. The highest BCUT2D eigenvalue weighted by Gasteiger charge is 2.26. The Balaban J connectivity index is 2.13. The van der Waals surface area contributed by atoms with Gasteiger partial charge in [0, 0.05) is 12.5 Å². The molecule has 1 heterocycles. The quantitative estimate of drug-likeness (QED) is 0.679. The number of amides is 1. The first-order valence-electron chi connectivity index (χ1n) is 7.66. The van der Waals surface area contributed by atoms with Crippen molar-refractivity contribution in [2.24, 2.45) is 0 Å². The van der Waals surface area contributed by atoms with E-state index in [1.807, 2.05) is 0 Å². The average Bonchev–Trinajstić information content (AvgIpc) is 3.05. The van der Waals surface area contributed by atoms with E-state index < -0.39 is 41.0 Å². The number of hydrogen-bond acceptors (Lipinski definition) is 6. The Morgan fingerprint density at radius 2 is 1.93 bits per heavy atom. The SMILES string of the molecule is CS(=O)(=O)Cc1ncc(-c2ccc([C@@H](O)[C@@H](CF)NC(=O)C(F)F)cc2)s1. The first kappa shape index (κ1) is 21.3. The number of sulfone groups is 1. The molecule has 0 bridgehead atoms. The minimum absolute atomic E-state index is 0.170. The molecular weight excluding hydrogens is 405 g/mol. The first-order valence-corrected chi connectivity index (χ1v) is 10.5. The van der Waals surface area contributed by atoms with E-state index in [-0.39, 0.29) is 11.3 Å². The maximum Gasteiger partial charge on any atom is 0.315 e. The second-order valence-electron chi connectivity index (χ2n) is 5.83. The summed E-state index contributed by atoms with van der Waals surface area (Å²) in [5, 5.41) is 12.3. The molecule has 2 aromatic rings. The summed E-state index contributed by atoms with van der Waals surface area (Å²) in [5.41, 5.74) is 0.924. The van der Waals surface area contributed by atoms with Gasteiger partial charge in [0.25, 0.3) is 5.91 Å². The van der Waals surface area contributed by atoms with Gasteiger partial charge < -0.3 is 10.4 Å². The van der Waals surface area contributed by atoms with Crippen molar-refractivity contribution in [1.29, 1.82) is 0 Å². The van der Waals surface area contributed by atoms with Gasteiger partial charge in [0.15, 0.2) is 9.84 Å². The van der Waals surface area contributed by atoms with Crippen LogP contribution in [-0.4, -0.2) is 49.8 Å². The van der Waals surface area contributed by atoms with Crippen LogP contribution in [0.3, 0.4) is 0 Å². The van der Waals surface area contributed by atoms with Crippen LogP contribution in [0.15, 0.2) is 30.5 Å². The van der Waals surface area contributed by atoms with Crippen LogP contribution in [0, 0.1) is 0 Å². The molecule has 1 aromatic heterocycles. The number of thiazole rings is 1. The van der Waals surface area contributed by atoms with Gasteiger partial charge in [-0.05, 0) is 11.1 Å². The van der Waals surface area contributed by atoms with Crippen molar-refractivity contribution in [3.8, 4) is 10.4 Å². The number of carbonyl (C=O) groups is 1. The number of benzene rings is 1. The number of rotatable bonds is 8. The van der Waals surface area contributed by atoms with E-state index in [0.29, 0.717) is 15.4 Å². The molecule has 0 aliphatic rings. The average molecular weight is 422 g/mol. The van der Waals surface area contributed by atoms with Gasteiger partial charge in [0.05, 0.1) is 10.9 Å². The summed E-state index contributed by atoms with van der Waals surface area (Å²) < 4.78 is 60.2. The van der Waals surface area contributed by atoms with Gasteiger partial charge in [-0.3, -0.25) is 4.79 Å². The van der Waals surface area contributed by atoms with Crippen molar-refractivity contribution in [2.75, 3.05) is 12.9 Å². The van der Waals surface area contributed by atoms with Crippen LogP contribution in [0.1, 0.15) is 16.7 Å². The molecule has 0 aliphatic heterocycles. The largest absolute Gasteiger partial charge is 0.386 e. The van der Waals surface area contributed by atoms with E-state index in [1.54, 1.807) is 17.4 Å². The highest BCUT2D eigenvalue weighted by Crippen LogP contribution is 2.28. The summed E-state index contributed by atoms with van der Waals surface area (Å²) in [6.07, 6.45) is -2.18. The fraction of sp³-hybridized carbons (Fsp3) is 0.375. The van der Waals surface area contributed by atoms with Gasteiger partial charge in [0.1, 0.15) is 23.5 Å². The second-order valence-corrected chi connectivity index (χ2v) is 9.08. The summed E-state index contributed by atoms with van der Waals surface area (Å²) in [6.45, 7) is -1.22. The van der Waals surface area contributed by atoms with Gasteiger partial charge in [-0.2, -0.15) is 8.78 Å². The Hall–Kier alpha value is -1.98. The number of aliphatic hydroxyl groups excluding tert-OH is 1. The molecule has 0 fully saturated rings. The zero-order valence-electron chi connectivity index (χ0n) is 14.1. The monoisotopic (exact) mass is 422 g/mol. The van der Waals surface area contributed by atoms with Crippen LogP contribution in [0.25, 0.3) is 10.4 Å². The zero-order chi connectivity index (χ0) is 20.2. The van der Waals surface area contributed by atoms with Crippen LogP contribution >= 0.6 is 11.3 Å². The fourth-order valence-corrected chi connectivity index (χ4v) is 4.38. The lowest BCUT2D eigenvalue weighted by Gasteiger charge is -2.21. The van der Waals surface area contributed by atoms with E-state index in [0.717, 1.165) is 6.26 Å². The van der Waals surface area contributed by atoms with Crippen LogP contribution in [0.2, 0.25) is 0 Å². The van der Waals surface area contributed by atoms with Crippen LogP contribution in [0.5, 0.6) is 0 Å². The Morgan fingerprint density at radius 3 is 2.44 bits per heavy atom. The highest BCUT2D eigenvalue weighted by molar-refractivity contribution is 7.90. The lowest BCUT2D eigenvalue weighted by atomic mass is 10.0. The van der Waals surface area contributed by atoms with Gasteiger partial charge in [0.2, 0.25) is 0 Å². The van der Waals surface area contributed by atoms with E-state index >= 15 is 0 Å². The summed E-state index contributed by atoms with van der Waals surface area (Å²) in [5.74, 6) is -1.83. The first-order chi connectivity index (χ1) is 12.6. The molecule has 2 atom stereocenters. The summed E-state index contributed by atoms with van der Waals surface area (Å²) >= 11 is 1.20. The minimum Gasteiger partial charge on any atom is -0.386 e. The molecule has 0 spiro atoms. The highest BCUT2D eigenvalue weighted by atomic mass is 32.2. The molecule has 0 saturated carbocycles. The maximum atomic E-state index is 13.0. The number of aromatic nitrogens is 1. The Morgan fingerprint density at radius 1 is 1.30 bits per heavy atom. The van der Waals surface area contributed by atoms with Gasteiger partial charge in [-0.15, -0.1) is 11.3 Å². The Labute approximate surface area is 158 Å². The third-order valence-electron chi connectivity index (χ3n) is 3.55. The molecule has 11 heteroatoms. The summed E-state index contributed by atoms with van der Waals surface area (Å²) in [7, 11) is -3.20. The molecule has 1 amide bonds. The van der Waals surface area contributed by atoms with Crippen LogP contribution in [0.4, 0.5) is 13.2 Å². The molecule has 0 aliphatic carbocycles. The van der Waals surface area contributed by atoms with E-state index in [2.05, 4.69) is 4.98 Å². The molecule has 1 aromatic carbocycles. The van der Waals surface area contributed by atoms with Gasteiger partial charge in [-0.1, -0.05) is 24.3 Å². The van der Waals surface area contributed by atoms with Gasteiger partial charge in [-0.25, -0.2) is 17.8 Å². The smallest absolute Gasteiger partial charge is 0.315 e. The second kappa shape index (κ2) is 8.81. The van der Waals surface area contributed by atoms with E-state index in [1.165, 1.54) is 29.7 Å². The van der Waals surface area contributed by atoms with Crippen LogP contribution < -0.4 is 5.32 Å². The maximum absolute atomic E-state index is 13.0. The number of carbonyl (C=O) groups excluding carboxylic acids is 1. The summed E-state index contributed by atoms with van der Waals surface area (Å²) in [6, 6.07) is 4.63. The Bertz CT molecular complexity index is 885. The van der Waals surface area contributed by atoms with Crippen LogP contribution in [-0.2, 0) is 20.4 Å². The van der Waals surface area contributed by atoms with Gasteiger partial charge >= 0.3 is 6.43 Å². The molecule has 0 radical (unpaired) electrons. The van der Waals surface area contributed by atoms with Crippen molar-refractivity contribution < 1.29 is 31.5 Å². The minimum atomic E-state index is -3.30. The van der Waals surface area contributed by atoms with E-state index in [9.17, 15) is 31.5 Å². The molecule has 2 rings (SSSR count). The number of nitrogens with one attached hydrogen (secondary N) is 1. The predicted octanol–water partition coefficient (Wildman–Crippen LogP) is 2.11. The fourth-order valence-electron chi connectivity index (χ4n) is 2.26. The number of hydrogen-bond donors (Lipinski definition) is 2.